The van der Waals surface area contributed by atoms with Crippen LogP contribution < -0.4 is 16.4 Å². The second-order valence-corrected chi connectivity index (χ2v) is 5.57. The van der Waals surface area contributed by atoms with Gasteiger partial charge >= 0.3 is 0 Å². The number of hydrogen-bond donors (Lipinski definition) is 3. The van der Waals surface area contributed by atoms with Crippen LogP contribution in [-0.4, -0.2) is 28.5 Å². The minimum absolute atomic E-state index is 0.0841. The Hall–Kier alpha value is -1.98. The zero-order chi connectivity index (χ0) is 14.6. The van der Waals surface area contributed by atoms with Gasteiger partial charge < -0.3 is 20.9 Å². The van der Waals surface area contributed by atoms with Gasteiger partial charge in [0.2, 0.25) is 5.91 Å². The largest absolute Gasteiger partial charge is 0.397 e. The smallest absolute Gasteiger partial charge is 0.267 e. The molecule has 2 amide bonds. The number of nitrogens with one attached hydrogen (secondary N) is 2. The number of nitrogen functional groups attached to an aromatic ring is 1. The number of nitrogens with two attached hydrogens (primary N) is 1. The number of nitrogens with zero attached hydrogens (tertiary/aromatic N) is 1. The number of anilines is 1. The summed E-state index contributed by atoms with van der Waals surface area (Å²) in [5.74, 6) is -0.318. The first-order chi connectivity index (χ1) is 8.69. The minimum Gasteiger partial charge on any atom is -0.397 e. The van der Waals surface area contributed by atoms with Crippen LogP contribution >= 0.6 is 0 Å². The predicted octanol–water partition coefficient (Wildman–Crippen LogP) is 0.642. The summed E-state index contributed by atoms with van der Waals surface area (Å²) < 4.78 is 1.65. The fourth-order valence-electron chi connectivity index (χ4n) is 1.68. The van der Waals surface area contributed by atoms with E-state index in [-0.39, 0.29) is 23.8 Å². The van der Waals surface area contributed by atoms with E-state index in [2.05, 4.69) is 10.6 Å². The molecule has 0 saturated carbocycles. The summed E-state index contributed by atoms with van der Waals surface area (Å²) in [7, 11) is 1.75. The molecule has 0 fully saturated rings. The monoisotopic (exact) mass is 266 g/mol. The van der Waals surface area contributed by atoms with E-state index < -0.39 is 0 Å². The molecule has 0 aliphatic rings. The van der Waals surface area contributed by atoms with Gasteiger partial charge in [-0.2, -0.15) is 0 Å². The third-order valence-electron chi connectivity index (χ3n) is 2.41. The molecular formula is C13H22N4O2. The van der Waals surface area contributed by atoms with Gasteiger partial charge in [0.25, 0.3) is 5.91 Å². The first kappa shape index (κ1) is 15.1. The van der Waals surface area contributed by atoms with Gasteiger partial charge in [0, 0.05) is 31.7 Å². The zero-order valence-electron chi connectivity index (χ0n) is 11.9. The molecule has 106 valence electrons. The van der Waals surface area contributed by atoms with Crippen LogP contribution in [0.5, 0.6) is 0 Å². The van der Waals surface area contributed by atoms with Crippen molar-refractivity contribution in [2.75, 3.05) is 12.3 Å². The summed E-state index contributed by atoms with van der Waals surface area (Å²) in [5.41, 5.74) is 6.36. The van der Waals surface area contributed by atoms with Crippen molar-refractivity contribution in [1.82, 2.24) is 15.2 Å². The Bertz CT molecular complexity index is 471. The van der Waals surface area contributed by atoms with Crippen molar-refractivity contribution in [2.24, 2.45) is 7.05 Å². The number of aromatic nitrogens is 1. The SMILES string of the molecule is Cn1cc(N)cc1C(=O)NCCC(=O)NC(C)(C)C. The lowest BCUT2D eigenvalue weighted by Gasteiger charge is -2.20. The molecule has 1 heterocycles. The van der Waals surface area contributed by atoms with E-state index >= 15 is 0 Å². The molecule has 0 aliphatic heterocycles. The average Bonchev–Trinajstić information content (AvgIpc) is 2.55. The lowest BCUT2D eigenvalue weighted by molar-refractivity contribution is -0.122. The first-order valence-electron chi connectivity index (χ1n) is 6.20. The van der Waals surface area contributed by atoms with Crippen molar-refractivity contribution < 1.29 is 9.59 Å². The van der Waals surface area contributed by atoms with Crippen LogP contribution in [0.25, 0.3) is 0 Å². The number of carbonyl (C=O) groups is 2. The number of hydrogen-bond acceptors (Lipinski definition) is 3. The second-order valence-electron chi connectivity index (χ2n) is 5.57. The van der Waals surface area contributed by atoms with Gasteiger partial charge in [0.05, 0.1) is 5.69 Å². The Kier molecular flexibility index (Phi) is 4.58. The van der Waals surface area contributed by atoms with Crippen molar-refractivity contribution in [1.29, 1.82) is 0 Å². The van der Waals surface area contributed by atoms with E-state index in [1.807, 2.05) is 20.8 Å². The maximum Gasteiger partial charge on any atom is 0.267 e. The van der Waals surface area contributed by atoms with Gasteiger partial charge in [-0.25, -0.2) is 0 Å². The highest BCUT2D eigenvalue weighted by atomic mass is 16.2. The van der Waals surface area contributed by atoms with Crippen LogP contribution in [0.4, 0.5) is 5.69 Å². The normalized spacial score (nSPS) is 11.2. The van der Waals surface area contributed by atoms with Gasteiger partial charge in [-0.3, -0.25) is 9.59 Å². The van der Waals surface area contributed by atoms with Crippen LogP contribution in [-0.2, 0) is 11.8 Å². The maximum atomic E-state index is 11.8. The molecule has 6 nitrogen and oxygen atoms in total. The fraction of sp³-hybridized carbons (Fsp3) is 0.538. The van der Waals surface area contributed by atoms with E-state index in [0.717, 1.165) is 0 Å². The van der Waals surface area contributed by atoms with Gasteiger partial charge in [0.15, 0.2) is 0 Å². The van der Waals surface area contributed by atoms with Crippen molar-refractivity contribution in [3.8, 4) is 0 Å². The fourth-order valence-corrected chi connectivity index (χ4v) is 1.68. The van der Waals surface area contributed by atoms with Crippen LogP contribution in [0, 0.1) is 0 Å². The third kappa shape index (κ3) is 5.03. The zero-order valence-corrected chi connectivity index (χ0v) is 11.9. The molecule has 0 aromatic carbocycles. The van der Waals surface area contributed by atoms with Gasteiger partial charge in [0.1, 0.15) is 5.69 Å². The molecule has 0 aliphatic carbocycles. The van der Waals surface area contributed by atoms with Crippen LogP contribution in [0.2, 0.25) is 0 Å². The van der Waals surface area contributed by atoms with Crippen LogP contribution in [0.15, 0.2) is 12.3 Å². The van der Waals surface area contributed by atoms with E-state index in [4.69, 9.17) is 5.73 Å². The third-order valence-corrected chi connectivity index (χ3v) is 2.41. The highest BCUT2D eigenvalue weighted by Gasteiger charge is 2.14. The Morgan fingerprint density at radius 3 is 2.47 bits per heavy atom. The van der Waals surface area contributed by atoms with E-state index in [1.54, 1.807) is 23.9 Å². The topological polar surface area (TPSA) is 89.2 Å². The molecule has 0 spiro atoms. The van der Waals surface area contributed by atoms with Crippen molar-refractivity contribution in [3.63, 3.8) is 0 Å². The molecule has 0 saturated heterocycles. The Balaban J connectivity index is 2.40. The molecule has 4 N–H and O–H groups in total. The molecular weight excluding hydrogens is 244 g/mol. The van der Waals surface area contributed by atoms with Crippen LogP contribution in [0.1, 0.15) is 37.7 Å². The maximum absolute atomic E-state index is 11.8. The Morgan fingerprint density at radius 2 is 2.00 bits per heavy atom. The lowest BCUT2D eigenvalue weighted by atomic mass is 10.1. The molecule has 0 unspecified atom stereocenters. The van der Waals surface area contributed by atoms with Crippen molar-refractivity contribution in [2.45, 2.75) is 32.7 Å². The first-order valence-corrected chi connectivity index (χ1v) is 6.20. The summed E-state index contributed by atoms with van der Waals surface area (Å²) in [4.78, 5) is 23.4. The number of carbonyl (C=O) groups excluding carboxylic acids is 2. The molecule has 0 bridgehead atoms. The standard InChI is InChI=1S/C13H22N4O2/c1-13(2,3)16-11(18)5-6-15-12(19)10-7-9(14)8-17(10)4/h7-8H,5-6,14H2,1-4H3,(H,15,19)(H,16,18). The summed E-state index contributed by atoms with van der Waals surface area (Å²) >= 11 is 0. The minimum atomic E-state index is -0.256. The molecule has 1 aromatic heterocycles. The van der Waals surface area contributed by atoms with E-state index in [9.17, 15) is 9.59 Å². The molecule has 1 aromatic rings. The van der Waals surface area contributed by atoms with Gasteiger partial charge in [-0.15, -0.1) is 0 Å². The van der Waals surface area contributed by atoms with Gasteiger partial charge in [-0.05, 0) is 26.8 Å². The second kappa shape index (κ2) is 5.77. The van der Waals surface area contributed by atoms with E-state index in [1.165, 1.54) is 0 Å². The number of rotatable bonds is 4. The van der Waals surface area contributed by atoms with Crippen molar-refractivity contribution in [3.05, 3.63) is 18.0 Å². The summed E-state index contributed by atoms with van der Waals surface area (Å²) in [6.45, 7) is 6.04. The van der Waals surface area contributed by atoms with Gasteiger partial charge in [-0.1, -0.05) is 0 Å². The quantitative estimate of drug-likeness (QED) is 0.747. The average molecular weight is 266 g/mol. The molecule has 1 rings (SSSR count). The summed E-state index contributed by atoms with van der Waals surface area (Å²) in [5, 5.41) is 5.53. The van der Waals surface area contributed by atoms with Crippen molar-refractivity contribution >= 4 is 17.5 Å². The van der Waals surface area contributed by atoms with Crippen LogP contribution in [0.3, 0.4) is 0 Å². The Morgan fingerprint density at radius 1 is 1.37 bits per heavy atom. The molecule has 0 atom stereocenters. The molecule has 6 heteroatoms. The van der Waals surface area contributed by atoms with E-state index in [0.29, 0.717) is 17.9 Å². The highest BCUT2D eigenvalue weighted by molar-refractivity contribution is 5.94. The number of aryl methyl sites for hydroxylation is 1. The lowest BCUT2D eigenvalue weighted by Crippen LogP contribution is -2.42. The molecule has 0 radical (unpaired) electrons. The summed E-state index contributed by atoms with van der Waals surface area (Å²) in [6, 6.07) is 1.60. The molecule has 19 heavy (non-hydrogen) atoms. The number of amides is 2. The highest BCUT2D eigenvalue weighted by Crippen LogP contribution is 2.08. The Labute approximate surface area is 113 Å². The predicted molar refractivity (Wildman–Crippen MR) is 74.7 cm³/mol. The summed E-state index contributed by atoms with van der Waals surface area (Å²) in [6.07, 6.45) is 1.92.